The fourth-order valence-corrected chi connectivity index (χ4v) is 3.45. The molecular formula is C14H24BrNS. The Bertz CT molecular complexity index is 309. The number of nitrogens with one attached hydrogen (secondary N) is 1. The van der Waals surface area contributed by atoms with Gasteiger partial charge in [-0.2, -0.15) is 0 Å². The van der Waals surface area contributed by atoms with Crippen LogP contribution in [-0.4, -0.2) is 12.6 Å². The highest BCUT2D eigenvalue weighted by Crippen LogP contribution is 2.25. The van der Waals surface area contributed by atoms with Gasteiger partial charge in [0, 0.05) is 15.4 Å². The molecule has 0 amide bonds. The first kappa shape index (κ1) is 15.2. The van der Waals surface area contributed by atoms with Gasteiger partial charge < -0.3 is 5.32 Å². The van der Waals surface area contributed by atoms with Gasteiger partial charge in [0.2, 0.25) is 0 Å². The van der Waals surface area contributed by atoms with E-state index >= 15 is 0 Å². The van der Waals surface area contributed by atoms with E-state index < -0.39 is 0 Å². The molecule has 1 aromatic rings. The lowest BCUT2D eigenvalue weighted by Crippen LogP contribution is -2.32. The summed E-state index contributed by atoms with van der Waals surface area (Å²) in [7, 11) is 0. The molecule has 0 aliphatic carbocycles. The van der Waals surface area contributed by atoms with E-state index in [2.05, 4.69) is 53.5 Å². The van der Waals surface area contributed by atoms with E-state index in [0.717, 1.165) is 18.9 Å². The first-order valence-corrected chi connectivity index (χ1v) is 8.26. The Morgan fingerprint density at radius 1 is 1.35 bits per heavy atom. The van der Waals surface area contributed by atoms with E-state index in [4.69, 9.17) is 0 Å². The fraction of sp³-hybridized carbons (Fsp3) is 0.714. The Balaban J connectivity index is 2.47. The molecule has 0 aromatic carbocycles. The van der Waals surface area contributed by atoms with Crippen LogP contribution in [0.5, 0.6) is 0 Å². The van der Waals surface area contributed by atoms with Crippen LogP contribution in [0.15, 0.2) is 15.9 Å². The van der Waals surface area contributed by atoms with Crippen LogP contribution >= 0.6 is 27.3 Å². The van der Waals surface area contributed by atoms with E-state index in [-0.39, 0.29) is 0 Å². The molecule has 1 aromatic heterocycles. The quantitative estimate of drug-likeness (QED) is 0.722. The van der Waals surface area contributed by atoms with Crippen molar-refractivity contribution in [2.24, 2.45) is 5.92 Å². The molecule has 1 N–H and O–H groups in total. The Morgan fingerprint density at radius 3 is 2.65 bits per heavy atom. The molecule has 1 nitrogen and oxygen atoms in total. The van der Waals surface area contributed by atoms with Crippen molar-refractivity contribution in [2.45, 2.75) is 52.5 Å². The zero-order valence-electron chi connectivity index (χ0n) is 11.1. The molecule has 0 radical (unpaired) electrons. The second-order valence-corrected chi connectivity index (χ2v) is 6.87. The molecule has 17 heavy (non-hydrogen) atoms. The zero-order valence-corrected chi connectivity index (χ0v) is 13.5. The van der Waals surface area contributed by atoms with E-state index in [1.807, 2.05) is 11.3 Å². The van der Waals surface area contributed by atoms with Crippen LogP contribution in [0.25, 0.3) is 0 Å². The van der Waals surface area contributed by atoms with Crippen molar-refractivity contribution in [2.75, 3.05) is 6.54 Å². The summed E-state index contributed by atoms with van der Waals surface area (Å²) in [4.78, 5) is 1.47. The summed E-state index contributed by atoms with van der Waals surface area (Å²) in [6, 6.07) is 2.78. The minimum absolute atomic E-state index is 0.632. The Hall–Kier alpha value is 0.140. The molecule has 0 saturated heterocycles. The highest BCUT2D eigenvalue weighted by Gasteiger charge is 2.12. The molecule has 0 aliphatic rings. The molecule has 0 spiro atoms. The van der Waals surface area contributed by atoms with Crippen LogP contribution in [0.1, 0.15) is 44.9 Å². The van der Waals surface area contributed by atoms with Crippen molar-refractivity contribution in [3.63, 3.8) is 0 Å². The summed E-state index contributed by atoms with van der Waals surface area (Å²) in [5.74, 6) is 0.799. The molecular weight excluding hydrogens is 294 g/mol. The maximum absolute atomic E-state index is 3.68. The first-order chi connectivity index (χ1) is 8.13. The van der Waals surface area contributed by atoms with Crippen molar-refractivity contribution in [1.29, 1.82) is 0 Å². The van der Waals surface area contributed by atoms with Gasteiger partial charge in [-0.25, -0.2) is 0 Å². The maximum atomic E-state index is 3.68. The Labute approximate surface area is 118 Å². The molecule has 1 unspecified atom stereocenters. The average Bonchev–Trinajstić information content (AvgIpc) is 2.68. The number of rotatable bonds is 8. The molecule has 0 saturated carbocycles. The van der Waals surface area contributed by atoms with Crippen LogP contribution in [0.3, 0.4) is 0 Å². The van der Waals surface area contributed by atoms with E-state index in [0.29, 0.717) is 6.04 Å². The van der Waals surface area contributed by atoms with Crippen LogP contribution < -0.4 is 5.32 Å². The summed E-state index contributed by atoms with van der Waals surface area (Å²) >= 11 is 5.48. The number of hydrogen-bond acceptors (Lipinski definition) is 2. The third kappa shape index (κ3) is 6.03. The second-order valence-electron chi connectivity index (χ2n) is 5.02. The van der Waals surface area contributed by atoms with Crippen molar-refractivity contribution >= 4 is 27.3 Å². The SMILES string of the molecule is CCCNC(CCC(C)C)Cc1sccc1Br. The van der Waals surface area contributed by atoms with Gasteiger partial charge >= 0.3 is 0 Å². The highest BCUT2D eigenvalue weighted by molar-refractivity contribution is 9.10. The maximum Gasteiger partial charge on any atom is 0.0314 e. The lowest BCUT2D eigenvalue weighted by Gasteiger charge is -2.19. The number of hydrogen-bond donors (Lipinski definition) is 1. The molecule has 3 heteroatoms. The zero-order chi connectivity index (χ0) is 12.7. The molecule has 1 heterocycles. The molecule has 98 valence electrons. The van der Waals surface area contributed by atoms with Gasteiger partial charge in [0.05, 0.1) is 0 Å². The highest BCUT2D eigenvalue weighted by atomic mass is 79.9. The van der Waals surface area contributed by atoms with Crippen molar-refractivity contribution in [3.8, 4) is 0 Å². The normalized spacial score (nSPS) is 13.2. The standard InChI is InChI=1S/C14H24BrNS/c1-4-8-16-12(6-5-11(2)3)10-14-13(15)7-9-17-14/h7,9,11-12,16H,4-6,8,10H2,1-3H3. The molecule has 0 fully saturated rings. The summed E-state index contributed by atoms with van der Waals surface area (Å²) in [5, 5.41) is 5.84. The third-order valence-corrected chi connectivity index (χ3v) is 4.85. The largest absolute Gasteiger partial charge is 0.314 e. The van der Waals surface area contributed by atoms with Crippen LogP contribution in [0.4, 0.5) is 0 Å². The van der Waals surface area contributed by atoms with Gasteiger partial charge in [-0.15, -0.1) is 11.3 Å². The van der Waals surface area contributed by atoms with Crippen molar-refractivity contribution in [1.82, 2.24) is 5.32 Å². The molecule has 1 atom stereocenters. The van der Waals surface area contributed by atoms with E-state index in [9.17, 15) is 0 Å². The fourth-order valence-electron chi connectivity index (χ4n) is 1.85. The lowest BCUT2D eigenvalue weighted by molar-refractivity contribution is 0.428. The summed E-state index contributed by atoms with van der Waals surface area (Å²) < 4.78 is 1.27. The Kier molecular flexibility index (Phi) is 7.40. The van der Waals surface area contributed by atoms with Gasteiger partial charge in [0.15, 0.2) is 0 Å². The van der Waals surface area contributed by atoms with Crippen LogP contribution in [-0.2, 0) is 6.42 Å². The van der Waals surface area contributed by atoms with Gasteiger partial charge in [-0.3, -0.25) is 0 Å². The summed E-state index contributed by atoms with van der Waals surface area (Å²) in [6.07, 6.45) is 4.96. The predicted molar refractivity (Wildman–Crippen MR) is 81.9 cm³/mol. The molecule has 1 rings (SSSR count). The lowest BCUT2D eigenvalue weighted by atomic mass is 10.0. The van der Waals surface area contributed by atoms with Gasteiger partial charge in [0.25, 0.3) is 0 Å². The van der Waals surface area contributed by atoms with E-state index in [1.165, 1.54) is 28.6 Å². The van der Waals surface area contributed by atoms with Gasteiger partial charge in [0.1, 0.15) is 0 Å². The molecule has 0 aliphatic heterocycles. The van der Waals surface area contributed by atoms with Crippen molar-refractivity contribution in [3.05, 3.63) is 20.8 Å². The monoisotopic (exact) mass is 317 g/mol. The molecule has 0 bridgehead atoms. The number of thiophene rings is 1. The summed E-state index contributed by atoms with van der Waals surface area (Å²) in [6.45, 7) is 7.97. The number of halogens is 1. The average molecular weight is 318 g/mol. The second kappa shape index (κ2) is 8.28. The first-order valence-electron chi connectivity index (χ1n) is 6.58. The minimum Gasteiger partial charge on any atom is -0.314 e. The Morgan fingerprint density at radius 2 is 2.12 bits per heavy atom. The topological polar surface area (TPSA) is 12.0 Å². The minimum atomic E-state index is 0.632. The van der Waals surface area contributed by atoms with E-state index in [1.54, 1.807) is 0 Å². The van der Waals surface area contributed by atoms with Crippen LogP contribution in [0, 0.1) is 5.92 Å². The van der Waals surface area contributed by atoms with Crippen LogP contribution in [0.2, 0.25) is 0 Å². The van der Waals surface area contributed by atoms with Crippen molar-refractivity contribution < 1.29 is 0 Å². The van der Waals surface area contributed by atoms with Gasteiger partial charge in [-0.1, -0.05) is 20.8 Å². The van der Waals surface area contributed by atoms with Gasteiger partial charge in [-0.05, 0) is 65.5 Å². The third-order valence-electron chi connectivity index (χ3n) is 2.90. The summed E-state index contributed by atoms with van der Waals surface area (Å²) in [5.41, 5.74) is 0. The predicted octanol–water partition coefficient (Wildman–Crippen LogP) is 4.86. The smallest absolute Gasteiger partial charge is 0.0314 e.